The van der Waals surface area contributed by atoms with Crippen molar-refractivity contribution in [3.8, 4) is 11.5 Å². The normalized spacial score (nSPS) is 16.3. The number of hydrogen-bond donors (Lipinski definition) is 0. The standard InChI is InChI=1S/C20H24FNO4S/c1-15-13-17(7-8-19(15)25-2)27(23,24)22-11-9-16(10-12-22)14-26-20-6-4-3-5-18(20)21/h3-8,13,16H,9-12,14H2,1-2H3. The number of para-hydroxylation sites is 1. The van der Waals surface area contributed by atoms with E-state index in [2.05, 4.69) is 0 Å². The van der Waals surface area contributed by atoms with Gasteiger partial charge in [-0.3, -0.25) is 0 Å². The summed E-state index contributed by atoms with van der Waals surface area (Å²) < 4.78 is 51.6. The third-order valence-electron chi connectivity index (χ3n) is 4.89. The zero-order chi connectivity index (χ0) is 19.4. The van der Waals surface area contributed by atoms with Crippen LogP contribution in [0.4, 0.5) is 4.39 Å². The average Bonchev–Trinajstić information content (AvgIpc) is 2.67. The van der Waals surface area contributed by atoms with Crippen molar-refractivity contribution in [3.05, 3.63) is 53.8 Å². The van der Waals surface area contributed by atoms with Gasteiger partial charge in [-0.2, -0.15) is 4.31 Å². The van der Waals surface area contributed by atoms with Gasteiger partial charge in [0.2, 0.25) is 10.0 Å². The second kappa shape index (κ2) is 8.27. The molecule has 0 atom stereocenters. The fourth-order valence-corrected chi connectivity index (χ4v) is 4.80. The minimum Gasteiger partial charge on any atom is -0.496 e. The van der Waals surface area contributed by atoms with Crippen molar-refractivity contribution in [2.45, 2.75) is 24.7 Å². The lowest BCUT2D eigenvalue weighted by Gasteiger charge is -2.31. The van der Waals surface area contributed by atoms with Crippen molar-refractivity contribution >= 4 is 10.0 Å². The van der Waals surface area contributed by atoms with Crippen LogP contribution >= 0.6 is 0 Å². The molecule has 1 heterocycles. The van der Waals surface area contributed by atoms with Crippen LogP contribution in [0.15, 0.2) is 47.4 Å². The molecule has 27 heavy (non-hydrogen) atoms. The quantitative estimate of drug-likeness (QED) is 0.752. The van der Waals surface area contributed by atoms with Crippen LogP contribution in [0.5, 0.6) is 11.5 Å². The van der Waals surface area contributed by atoms with Gasteiger partial charge in [0.05, 0.1) is 18.6 Å². The second-order valence-corrected chi connectivity index (χ2v) is 8.66. The van der Waals surface area contributed by atoms with Crippen molar-refractivity contribution in [3.63, 3.8) is 0 Å². The molecule has 0 radical (unpaired) electrons. The maximum atomic E-state index is 13.6. The SMILES string of the molecule is COc1ccc(S(=O)(=O)N2CCC(COc3ccccc3F)CC2)cc1C. The van der Waals surface area contributed by atoms with Crippen LogP contribution in [0.2, 0.25) is 0 Å². The summed E-state index contributed by atoms with van der Waals surface area (Å²) in [4.78, 5) is 0.279. The summed E-state index contributed by atoms with van der Waals surface area (Å²) in [5.74, 6) is 0.722. The third kappa shape index (κ3) is 4.42. The summed E-state index contributed by atoms with van der Waals surface area (Å²) in [5.41, 5.74) is 0.784. The molecule has 7 heteroatoms. The molecule has 1 aliphatic heterocycles. The highest BCUT2D eigenvalue weighted by atomic mass is 32.2. The summed E-state index contributed by atoms with van der Waals surface area (Å²) in [6.07, 6.45) is 1.37. The molecular weight excluding hydrogens is 369 g/mol. The Labute approximate surface area is 159 Å². The van der Waals surface area contributed by atoms with Crippen molar-refractivity contribution < 1.29 is 22.3 Å². The first kappa shape index (κ1) is 19.6. The van der Waals surface area contributed by atoms with Gasteiger partial charge in [0.15, 0.2) is 11.6 Å². The van der Waals surface area contributed by atoms with Crippen LogP contribution in [-0.4, -0.2) is 39.5 Å². The van der Waals surface area contributed by atoms with Crippen LogP contribution < -0.4 is 9.47 Å². The Kier molecular flexibility index (Phi) is 6.01. The van der Waals surface area contributed by atoms with Crippen LogP contribution in [-0.2, 0) is 10.0 Å². The first-order valence-corrected chi connectivity index (χ1v) is 10.4. The topological polar surface area (TPSA) is 55.8 Å². The number of ether oxygens (including phenoxy) is 2. The first-order chi connectivity index (χ1) is 12.9. The predicted molar refractivity (Wildman–Crippen MR) is 101 cm³/mol. The molecule has 1 aliphatic rings. The molecule has 1 fully saturated rings. The summed E-state index contributed by atoms with van der Waals surface area (Å²) >= 11 is 0. The molecule has 1 saturated heterocycles. The van der Waals surface area contributed by atoms with Gasteiger partial charge in [-0.1, -0.05) is 12.1 Å². The van der Waals surface area contributed by atoms with E-state index in [0.29, 0.717) is 38.3 Å². The van der Waals surface area contributed by atoms with E-state index in [-0.39, 0.29) is 22.4 Å². The van der Waals surface area contributed by atoms with Crippen molar-refractivity contribution in [2.24, 2.45) is 5.92 Å². The van der Waals surface area contributed by atoms with E-state index in [1.54, 1.807) is 43.5 Å². The van der Waals surface area contributed by atoms with Crippen LogP contribution in [0.3, 0.4) is 0 Å². The van der Waals surface area contributed by atoms with Gasteiger partial charge >= 0.3 is 0 Å². The minimum atomic E-state index is -3.53. The molecule has 2 aromatic carbocycles. The molecule has 0 aromatic heterocycles. The van der Waals surface area contributed by atoms with Gasteiger partial charge in [-0.05, 0) is 61.6 Å². The highest BCUT2D eigenvalue weighted by Gasteiger charge is 2.30. The van der Waals surface area contributed by atoms with E-state index in [0.717, 1.165) is 5.56 Å². The molecule has 0 bridgehead atoms. The second-order valence-electron chi connectivity index (χ2n) is 6.72. The van der Waals surface area contributed by atoms with Gasteiger partial charge in [-0.25, -0.2) is 12.8 Å². The number of hydrogen-bond acceptors (Lipinski definition) is 4. The lowest BCUT2D eigenvalue weighted by atomic mass is 9.99. The number of piperidine rings is 1. The van der Waals surface area contributed by atoms with Gasteiger partial charge in [0, 0.05) is 13.1 Å². The molecule has 146 valence electrons. The van der Waals surface area contributed by atoms with Gasteiger partial charge in [0.1, 0.15) is 5.75 Å². The molecule has 0 saturated carbocycles. The maximum Gasteiger partial charge on any atom is 0.243 e. The van der Waals surface area contributed by atoms with Crippen molar-refractivity contribution in [1.82, 2.24) is 4.31 Å². The molecule has 0 amide bonds. The van der Waals surface area contributed by atoms with Gasteiger partial charge in [-0.15, -0.1) is 0 Å². The fraction of sp³-hybridized carbons (Fsp3) is 0.400. The highest BCUT2D eigenvalue weighted by molar-refractivity contribution is 7.89. The van der Waals surface area contributed by atoms with E-state index in [9.17, 15) is 12.8 Å². The Morgan fingerprint density at radius 2 is 1.81 bits per heavy atom. The van der Waals surface area contributed by atoms with E-state index in [4.69, 9.17) is 9.47 Å². The number of methoxy groups -OCH3 is 1. The number of aryl methyl sites for hydroxylation is 1. The summed E-state index contributed by atoms with van der Waals surface area (Å²) in [7, 11) is -1.97. The molecular formula is C20H24FNO4S. The first-order valence-electron chi connectivity index (χ1n) is 8.94. The van der Waals surface area contributed by atoms with E-state index in [1.807, 2.05) is 6.92 Å². The average molecular weight is 393 g/mol. The van der Waals surface area contributed by atoms with Gasteiger partial charge in [0.25, 0.3) is 0 Å². The zero-order valence-corrected chi connectivity index (χ0v) is 16.3. The molecule has 3 rings (SSSR count). The number of nitrogens with zero attached hydrogens (tertiary/aromatic N) is 1. The smallest absolute Gasteiger partial charge is 0.243 e. The Morgan fingerprint density at radius 1 is 1.11 bits per heavy atom. The van der Waals surface area contributed by atoms with Gasteiger partial charge < -0.3 is 9.47 Å². The Balaban J connectivity index is 1.59. The van der Waals surface area contributed by atoms with E-state index >= 15 is 0 Å². The Hall–Kier alpha value is -2.12. The lowest BCUT2D eigenvalue weighted by Crippen LogP contribution is -2.39. The number of halogens is 1. The highest BCUT2D eigenvalue weighted by Crippen LogP contribution is 2.27. The molecule has 0 spiro atoms. The number of rotatable bonds is 6. The third-order valence-corrected chi connectivity index (χ3v) is 6.78. The fourth-order valence-electron chi connectivity index (χ4n) is 3.25. The molecule has 0 unspecified atom stereocenters. The largest absolute Gasteiger partial charge is 0.496 e. The summed E-state index contributed by atoms with van der Waals surface area (Å²) in [6, 6.07) is 11.2. The molecule has 0 N–H and O–H groups in total. The van der Waals surface area contributed by atoms with E-state index in [1.165, 1.54) is 10.4 Å². The number of benzene rings is 2. The maximum absolute atomic E-state index is 13.6. The Morgan fingerprint density at radius 3 is 2.44 bits per heavy atom. The monoisotopic (exact) mass is 393 g/mol. The van der Waals surface area contributed by atoms with Crippen molar-refractivity contribution in [2.75, 3.05) is 26.8 Å². The molecule has 2 aromatic rings. The van der Waals surface area contributed by atoms with Crippen LogP contribution in [0.1, 0.15) is 18.4 Å². The van der Waals surface area contributed by atoms with Crippen LogP contribution in [0, 0.1) is 18.7 Å². The Bertz CT molecular complexity index is 893. The van der Waals surface area contributed by atoms with Crippen LogP contribution in [0.25, 0.3) is 0 Å². The zero-order valence-electron chi connectivity index (χ0n) is 15.5. The molecule has 0 aliphatic carbocycles. The minimum absolute atomic E-state index is 0.202. The summed E-state index contributed by atoms with van der Waals surface area (Å²) in [5, 5.41) is 0. The van der Waals surface area contributed by atoms with E-state index < -0.39 is 10.0 Å². The lowest BCUT2D eigenvalue weighted by molar-refractivity contribution is 0.181. The van der Waals surface area contributed by atoms with Crippen molar-refractivity contribution in [1.29, 1.82) is 0 Å². The predicted octanol–water partition coefficient (Wildman–Crippen LogP) is 3.62. The summed E-state index contributed by atoms with van der Waals surface area (Å²) in [6.45, 7) is 3.07. The number of sulfonamides is 1. The molecule has 5 nitrogen and oxygen atoms in total.